The van der Waals surface area contributed by atoms with Gasteiger partial charge in [0, 0.05) is 18.8 Å². The van der Waals surface area contributed by atoms with Gasteiger partial charge in [0.1, 0.15) is 4.88 Å². The lowest BCUT2D eigenvalue weighted by molar-refractivity contribution is 0.0702. The zero-order valence-corrected chi connectivity index (χ0v) is 9.98. The van der Waals surface area contributed by atoms with E-state index in [0.29, 0.717) is 10.9 Å². The molecule has 0 bridgehead atoms. The Balaban J connectivity index is 2.10. The second kappa shape index (κ2) is 4.40. The molecule has 4 nitrogen and oxygen atoms in total. The smallest absolute Gasteiger partial charge is 0.347 e. The van der Waals surface area contributed by atoms with Crippen LogP contribution < -0.4 is 4.90 Å². The number of thioether (sulfide) groups is 1. The van der Waals surface area contributed by atoms with E-state index in [1.807, 2.05) is 18.8 Å². The summed E-state index contributed by atoms with van der Waals surface area (Å²) < 4.78 is 0. The molecule has 15 heavy (non-hydrogen) atoms. The number of carboxylic acids is 1. The van der Waals surface area contributed by atoms with Gasteiger partial charge in [0.2, 0.25) is 0 Å². The highest BCUT2D eigenvalue weighted by Gasteiger charge is 2.22. The third-order valence-corrected chi connectivity index (χ3v) is 4.68. The minimum atomic E-state index is -0.895. The number of thiazole rings is 1. The quantitative estimate of drug-likeness (QED) is 0.878. The van der Waals surface area contributed by atoms with Crippen LogP contribution in [0.2, 0.25) is 0 Å². The lowest BCUT2D eigenvalue weighted by Crippen LogP contribution is -2.30. The Kier molecular flexibility index (Phi) is 3.16. The topological polar surface area (TPSA) is 53.4 Å². The average molecular weight is 244 g/mol. The van der Waals surface area contributed by atoms with Crippen LogP contribution in [-0.2, 0) is 0 Å². The van der Waals surface area contributed by atoms with E-state index in [4.69, 9.17) is 5.11 Å². The van der Waals surface area contributed by atoms with Gasteiger partial charge in [0.05, 0.1) is 6.20 Å². The molecule has 1 fully saturated rings. The summed E-state index contributed by atoms with van der Waals surface area (Å²) in [5, 5.41) is 9.60. The van der Waals surface area contributed by atoms with Crippen molar-refractivity contribution in [2.45, 2.75) is 12.5 Å². The van der Waals surface area contributed by atoms with Gasteiger partial charge in [-0.3, -0.25) is 0 Å². The lowest BCUT2D eigenvalue weighted by atomic mass is 10.2. The standard InChI is InChI=1S/C9H12N2O2S2/c1-11(6-2-3-14-5-6)9-10-4-7(15-9)8(12)13/h4,6H,2-3,5H2,1H3,(H,12,13). The van der Waals surface area contributed by atoms with E-state index in [1.165, 1.54) is 23.3 Å². The van der Waals surface area contributed by atoms with Crippen LogP contribution in [0.3, 0.4) is 0 Å². The van der Waals surface area contributed by atoms with Gasteiger partial charge < -0.3 is 10.0 Å². The molecule has 1 unspecified atom stereocenters. The number of nitrogens with zero attached hydrogens (tertiary/aromatic N) is 2. The average Bonchev–Trinajstić information content (AvgIpc) is 2.88. The van der Waals surface area contributed by atoms with E-state index in [9.17, 15) is 4.79 Å². The van der Waals surface area contributed by atoms with E-state index in [-0.39, 0.29) is 0 Å². The van der Waals surface area contributed by atoms with Gasteiger partial charge in [-0.25, -0.2) is 9.78 Å². The zero-order valence-electron chi connectivity index (χ0n) is 8.34. The second-order valence-corrected chi connectivity index (χ2v) is 5.60. The molecule has 1 saturated heterocycles. The first-order valence-electron chi connectivity index (χ1n) is 4.68. The second-order valence-electron chi connectivity index (χ2n) is 3.44. The van der Waals surface area contributed by atoms with E-state index < -0.39 is 5.97 Å². The minimum Gasteiger partial charge on any atom is -0.477 e. The Hall–Kier alpha value is -0.750. The van der Waals surface area contributed by atoms with E-state index >= 15 is 0 Å². The molecule has 1 aromatic rings. The Morgan fingerprint density at radius 3 is 3.07 bits per heavy atom. The van der Waals surface area contributed by atoms with Crippen LogP contribution in [0, 0.1) is 0 Å². The van der Waals surface area contributed by atoms with Crippen LogP contribution >= 0.6 is 23.1 Å². The van der Waals surface area contributed by atoms with E-state index in [1.54, 1.807) is 0 Å². The maximum absolute atomic E-state index is 10.7. The summed E-state index contributed by atoms with van der Waals surface area (Å²) in [5.41, 5.74) is 0. The molecule has 0 spiro atoms. The first-order chi connectivity index (χ1) is 7.18. The highest BCUT2D eigenvalue weighted by Crippen LogP contribution is 2.28. The normalized spacial score (nSPS) is 20.5. The first kappa shape index (κ1) is 10.8. The van der Waals surface area contributed by atoms with Gasteiger partial charge in [0.15, 0.2) is 5.13 Å². The molecule has 1 aromatic heterocycles. The van der Waals surface area contributed by atoms with E-state index in [0.717, 1.165) is 17.3 Å². The van der Waals surface area contributed by atoms with E-state index in [2.05, 4.69) is 9.88 Å². The SMILES string of the molecule is CN(c1ncc(C(=O)O)s1)C1CCSC1. The molecule has 2 heterocycles. The van der Waals surface area contributed by atoms with Gasteiger partial charge in [-0.2, -0.15) is 11.8 Å². The van der Waals surface area contributed by atoms with Crippen LogP contribution in [0.15, 0.2) is 6.20 Å². The van der Waals surface area contributed by atoms with Crippen LogP contribution in [0.4, 0.5) is 5.13 Å². The van der Waals surface area contributed by atoms with Crippen molar-refractivity contribution in [1.29, 1.82) is 0 Å². The van der Waals surface area contributed by atoms with Gasteiger partial charge in [-0.15, -0.1) is 0 Å². The molecule has 0 aliphatic carbocycles. The van der Waals surface area contributed by atoms with Gasteiger partial charge in [-0.1, -0.05) is 11.3 Å². The number of anilines is 1. The Morgan fingerprint density at radius 2 is 2.53 bits per heavy atom. The molecule has 0 aromatic carbocycles. The van der Waals surface area contributed by atoms with Gasteiger partial charge in [-0.05, 0) is 12.2 Å². The van der Waals surface area contributed by atoms with Crippen molar-refractivity contribution in [2.24, 2.45) is 0 Å². The highest BCUT2D eigenvalue weighted by molar-refractivity contribution is 7.99. The zero-order chi connectivity index (χ0) is 10.8. The van der Waals surface area contributed by atoms with Gasteiger partial charge in [0.25, 0.3) is 0 Å². The molecule has 1 aliphatic heterocycles. The minimum absolute atomic E-state index is 0.308. The predicted molar refractivity (Wildman–Crippen MR) is 63.2 cm³/mol. The van der Waals surface area contributed by atoms with Crippen molar-refractivity contribution >= 4 is 34.2 Å². The fraction of sp³-hybridized carbons (Fsp3) is 0.556. The van der Waals surface area contributed by atoms with Crippen molar-refractivity contribution < 1.29 is 9.90 Å². The Bertz CT molecular complexity index is 361. The number of aromatic carboxylic acids is 1. The summed E-state index contributed by atoms with van der Waals surface area (Å²) in [6.07, 6.45) is 2.59. The summed E-state index contributed by atoms with van der Waals surface area (Å²) in [5.74, 6) is 1.40. The predicted octanol–water partition coefficient (Wildman–Crippen LogP) is 1.78. The fourth-order valence-electron chi connectivity index (χ4n) is 1.51. The number of aromatic nitrogens is 1. The largest absolute Gasteiger partial charge is 0.477 e. The van der Waals surface area contributed by atoms with Crippen LogP contribution in [-0.4, -0.2) is 40.7 Å². The number of carbonyl (C=O) groups is 1. The number of hydrogen-bond acceptors (Lipinski definition) is 5. The Morgan fingerprint density at radius 1 is 1.73 bits per heavy atom. The summed E-state index contributed by atoms with van der Waals surface area (Å²) in [4.78, 5) is 17.2. The molecule has 82 valence electrons. The molecule has 2 rings (SSSR count). The van der Waals surface area contributed by atoms with Crippen molar-refractivity contribution in [3.63, 3.8) is 0 Å². The molecule has 1 aliphatic rings. The van der Waals surface area contributed by atoms with Crippen LogP contribution in [0.5, 0.6) is 0 Å². The fourth-order valence-corrected chi connectivity index (χ4v) is 3.57. The molecular formula is C9H12N2O2S2. The molecular weight excluding hydrogens is 232 g/mol. The third kappa shape index (κ3) is 2.26. The monoisotopic (exact) mass is 244 g/mol. The van der Waals surface area contributed by atoms with Crippen molar-refractivity contribution in [3.8, 4) is 0 Å². The van der Waals surface area contributed by atoms with Gasteiger partial charge >= 0.3 is 5.97 Å². The molecule has 1 atom stereocenters. The van der Waals surface area contributed by atoms with Crippen LogP contribution in [0.25, 0.3) is 0 Å². The van der Waals surface area contributed by atoms with Crippen molar-refractivity contribution in [1.82, 2.24) is 4.98 Å². The summed E-state index contributed by atoms with van der Waals surface area (Å²) in [6.45, 7) is 0. The van der Waals surface area contributed by atoms with Crippen LogP contribution in [0.1, 0.15) is 16.1 Å². The Labute approximate surface area is 96.3 Å². The summed E-state index contributed by atoms with van der Waals surface area (Å²) in [6, 6.07) is 0.503. The van der Waals surface area contributed by atoms with Crippen molar-refractivity contribution in [2.75, 3.05) is 23.5 Å². The molecule has 1 N–H and O–H groups in total. The number of carboxylic acid groups (broad SMARTS) is 1. The molecule has 0 radical (unpaired) electrons. The molecule has 6 heteroatoms. The molecule has 0 amide bonds. The molecule has 0 saturated carbocycles. The number of hydrogen-bond donors (Lipinski definition) is 1. The lowest BCUT2D eigenvalue weighted by Gasteiger charge is -2.22. The summed E-state index contributed by atoms with van der Waals surface area (Å²) in [7, 11) is 1.99. The first-order valence-corrected chi connectivity index (χ1v) is 6.65. The van der Waals surface area contributed by atoms with Crippen molar-refractivity contribution in [3.05, 3.63) is 11.1 Å². The summed E-state index contributed by atoms with van der Waals surface area (Å²) >= 11 is 3.18. The maximum Gasteiger partial charge on any atom is 0.347 e. The third-order valence-electron chi connectivity index (χ3n) is 2.46. The number of rotatable bonds is 3. The maximum atomic E-state index is 10.7. The highest BCUT2D eigenvalue weighted by atomic mass is 32.2.